The normalized spacial score (nSPS) is 9.94. The van der Waals surface area contributed by atoms with Crippen molar-refractivity contribution in [2.75, 3.05) is 0 Å². The highest BCUT2D eigenvalue weighted by Crippen LogP contribution is 2.29. The summed E-state index contributed by atoms with van der Waals surface area (Å²) in [7, 11) is 0. The predicted molar refractivity (Wildman–Crippen MR) is 78.4 cm³/mol. The Morgan fingerprint density at radius 1 is 1.18 bits per heavy atom. The number of hydrogen-bond donors (Lipinski definition) is 0. The lowest BCUT2D eigenvalue weighted by atomic mass is 10.2. The number of aliphatic imine (C=N–C) groups is 1. The van der Waals surface area contributed by atoms with Crippen LogP contribution in [0.5, 0.6) is 0 Å². The van der Waals surface area contributed by atoms with Gasteiger partial charge in [-0.2, -0.15) is 4.99 Å². The van der Waals surface area contributed by atoms with Crippen LogP contribution in [0.1, 0.15) is 18.2 Å². The topological polar surface area (TPSA) is 12.4 Å². The number of isothiocyanates is 1. The van der Waals surface area contributed by atoms with Crippen molar-refractivity contribution in [2.45, 2.75) is 19.8 Å². The Morgan fingerprint density at radius 3 is 2.59 bits per heavy atom. The summed E-state index contributed by atoms with van der Waals surface area (Å²) in [5, 5.41) is 2.38. The third-order valence-corrected chi connectivity index (χ3v) is 3.77. The van der Waals surface area contributed by atoms with Gasteiger partial charge in [0.15, 0.2) is 0 Å². The molecule has 0 amide bonds. The summed E-state index contributed by atoms with van der Waals surface area (Å²) in [5.74, 6) is 0. The van der Waals surface area contributed by atoms with Crippen molar-refractivity contribution in [1.29, 1.82) is 0 Å². The second-order valence-corrected chi connectivity index (χ2v) is 5.12. The standard InChI is InChI=1S/C14H13NS2/c1-2-3-13-8-9-14(17-13)11-4-6-12(7-5-11)15-10-16/h4-9H,2-3H2,1H3. The third kappa shape index (κ3) is 3.10. The lowest BCUT2D eigenvalue weighted by Crippen LogP contribution is -1.72. The molecular formula is C14H13NS2. The molecule has 0 aliphatic rings. The lowest BCUT2D eigenvalue weighted by Gasteiger charge is -1.97. The second-order valence-electron chi connectivity index (χ2n) is 3.77. The van der Waals surface area contributed by atoms with E-state index >= 15 is 0 Å². The molecule has 0 aliphatic heterocycles. The van der Waals surface area contributed by atoms with E-state index in [1.807, 2.05) is 23.5 Å². The van der Waals surface area contributed by atoms with E-state index < -0.39 is 0 Å². The minimum Gasteiger partial charge on any atom is -0.195 e. The number of thiophene rings is 1. The Kier molecular flexibility index (Phi) is 4.21. The molecule has 2 rings (SSSR count). The molecule has 1 aromatic heterocycles. The van der Waals surface area contributed by atoms with Crippen LogP contribution in [0.3, 0.4) is 0 Å². The molecule has 86 valence electrons. The van der Waals surface area contributed by atoms with E-state index in [9.17, 15) is 0 Å². The zero-order valence-corrected chi connectivity index (χ0v) is 11.3. The molecule has 0 N–H and O–H groups in total. The zero-order valence-electron chi connectivity index (χ0n) is 9.64. The van der Waals surface area contributed by atoms with Crippen molar-refractivity contribution in [3.05, 3.63) is 41.3 Å². The van der Waals surface area contributed by atoms with Crippen LogP contribution in [-0.2, 0) is 6.42 Å². The van der Waals surface area contributed by atoms with Gasteiger partial charge in [0.05, 0.1) is 10.8 Å². The van der Waals surface area contributed by atoms with Crippen molar-refractivity contribution in [3.63, 3.8) is 0 Å². The van der Waals surface area contributed by atoms with Crippen LogP contribution in [0.25, 0.3) is 10.4 Å². The summed E-state index contributed by atoms with van der Waals surface area (Å²) < 4.78 is 0. The summed E-state index contributed by atoms with van der Waals surface area (Å²) in [6.07, 6.45) is 2.36. The fraction of sp³-hybridized carbons (Fsp3) is 0.214. The van der Waals surface area contributed by atoms with E-state index in [1.54, 1.807) is 0 Å². The lowest BCUT2D eigenvalue weighted by molar-refractivity contribution is 0.940. The molecule has 1 aromatic carbocycles. The van der Waals surface area contributed by atoms with Gasteiger partial charge in [-0.25, -0.2) is 0 Å². The highest BCUT2D eigenvalue weighted by Gasteiger charge is 2.02. The number of hydrogen-bond acceptors (Lipinski definition) is 3. The summed E-state index contributed by atoms with van der Waals surface area (Å²) in [6.45, 7) is 2.21. The molecule has 0 fully saturated rings. The molecule has 1 heterocycles. The van der Waals surface area contributed by atoms with E-state index in [0.717, 1.165) is 12.1 Å². The van der Waals surface area contributed by atoms with Crippen LogP contribution in [0, 0.1) is 0 Å². The summed E-state index contributed by atoms with van der Waals surface area (Å²) >= 11 is 6.44. The molecule has 3 heteroatoms. The molecule has 17 heavy (non-hydrogen) atoms. The highest BCUT2D eigenvalue weighted by atomic mass is 32.1. The highest BCUT2D eigenvalue weighted by molar-refractivity contribution is 7.78. The van der Waals surface area contributed by atoms with Gasteiger partial charge in [0.2, 0.25) is 0 Å². The summed E-state index contributed by atoms with van der Waals surface area (Å²) in [4.78, 5) is 6.70. The molecule has 0 unspecified atom stereocenters. The van der Waals surface area contributed by atoms with Crippen LogP contribution in [0.2, 0.25) is 0 Å². The van der Waals surface area contributed by atoms with Crippen molar-refractivity contribution in [1.82, 2.24) is 0 Å². The second kappa shape index (κ2) is 5.87. The van der Waals surface area contributed by atoms with Crippen molar-refractivity contribution < 1.29 is 0 Å². The Labute approximate surface area is 111 Å². The fourth-order valence-corrected chi connectivity index (χ4v) is 2.89. The van der Waals surface area contributed by atoms with Crippen LogP contribution >= 0.6 is 23.6 Å². The van der Waals surface area contributed by atoms with Gasteiger partial charge in [-0.15, -0.1) is 11.3 Å². The van der Waals surface area contributed by atoms with Gasteiger partial charge >= 0.3 is 0 Å². The maximum atomic E-state index is 4.58. The van der Waals surface area contributed by atoms with E-state index in [2.05, 4.69) is 53.6 Å². The Hall–Kier alpha value is -1.28. The largest absolute Gasteiger partial charge is 0.195 e. The minimum absolute atomic E-state index is 0.856. The molecule has 1 nitrogen and oxygen atoms in total. The number of rotatable bonds is 4. The smallest absolute Gasteiger partial charge is 0.0739 e. The molecule has 0 bridgehead atoms. The molecule has 0 saturated heterocycles. The van der Waals surface area contributed by atoms with E-state index in [4.69, 9.17) is 0 Å². The first-order valence-electron chi connectivity index (χ1n) is 5.60. The first-order chi connectivity index (χ1) is 8.33. The molecule has 0 atom stereocenters. The number of aryl methyl sites for hydroxylation is 1. The van der Waals surface area contributed by atoms with Gasteiger partial charge in [-0.05, 0) is 48.5 Å². The SMILES string of the molecule is CCCc1ccc(-c2ccc(N=C=S)cc2)s1. The molecule has 0 saturated carbocycles. The maximum absolute atomic E-state index is 4.58. The molecule has 2 aromatic rings. The zero-order chi connectivity index (χ0) is 12.1. The average Bonchev–Trinajstić information content (AvgIpc) is 2.80. The number of benzene rings is 1. The van der Waals surface area contributed by atoms with Crippen LogP contribution < -0.4 is 0 Å². The third-order valence-electron chi connectivity index (χ3n) is 2.48. The quantitative estimate of drug-likeness (QED) is 0.549. The Bertz CT molecular complexity index is 534. The first-order valence-corrected chi connectivity index (χ1v) is 6.83. The summed E-state index contributed by atoms with van der Waals surface area (Å²) in [5.41, 5.74) is 2.09. The van der Waals surface area contributed by atoms with Gasteiger partial charge in [-0.1, -0.05) is 25.5 Å². The average molecular weight is 259 g/mol. The Balaban J connectivity index is 2.23. The summed E-state index contributed by atoms with van der Waals surface area (Å²) in [6, 6.07) is 12.5. The predicted octanol–water partition coefficient (Wildman–Crippen LogP) is 5.10. The molecular weight excluding hydrogens is 246 g/mol. The maximum Gasteiger partial charge on any atom is 0.0739 e. The fourth-order valence-electron chi connectivity index (χ4n) is 1.67. The van der Waals surface area contributed by atoms with Crippen molar-refractivity contribution >= 4 is 34.4 Å². The van der Waals surface area contributed by atoms with Crippen molar-refractivity contribution in [3.8, 4) is 10.4 Å². The minimum atomic E-state index is 0.856. The van der Waals surface area contributed by atoms with Crippen LogP contribution in [0.15, 0.2) is 41.4 Å². The van der Waals surface area contributed by atoms with Gasteiger partial charge < -0.3 is 0 Å². The number of nitrogens with zero attached hydrogens (tertiary/aromatic N) is 1. The monoisotopic (exact) mass is 259 g/mol. The molecule has 0 radical (unpaired) electrons. The first kappa shape index (κ1) is 12.2. The number of thiocarbonyl (C=S) groups is 1. The van der Waals surface area contributed by atoms with Crippen molar-refractivity contribution in [2.24, 2.45) is 4.99 Å². The van der Waals surface area contributed by atoms with Gasteiger partial charge in [0.1, 0.15) is 0 Å². The van der Waals surface area contributed by atoms with E-state index in [1.165, 1.54) is 21.7 Å². The van der Waals surface area contributed by atoms with Crippen LogP contribution in [0.4, 0.5) is 5.69 Å². The van der Waals surface area contributed by atoms with Gasteiger partial charge in [0.25, 0.3) is 0 Å². The molecule has 0 spiro atoms. The van der Waals surface area contributed by atoms with Gasteiger partial charge in [-0.3, -0.25) is 0 Å². The van der Waals surface area contributed by atoms with Gasteiger partial charge in [0, 0.05) is 9.75 Å². The van der Waals surface area contributed by atoms with E-state index in [-0.39, 0.29) is 0 Å². The van der Waals surface area contributed by atoms with E-state index in [0.29, 0.717) is 0 Å². The molecule has 0 aliphatic carbocycles. The Morgan fingerprint density at radius 2 is 1.94 bits per heavy atom. The van der Waals surface area contributed by atoms with Crippen LogP contribution in [-0.4, -0.2) is 5.16 Å².